The largest absolute Gasteiger partial charge is 0.378 e. The van der Waals surface area contributed by atoms with E-state index in [1.165, 1.54) is 11.3 Å². The summed E-state index contributed by atoms with van der Waals surface area (Å²) in [4.78, 5) is 15.3. The second-order valence-electron chi connectivity index (χ2n) is 8.02. The highest BCUT2D eigenvalue weighted by Gasteiger charge is 2.53. The average molecular weight is 353 g/mol. The molecule has 4 heterocycles. The van der Waals surface area contributed by atoms with Gasteiger partial charge < -0.3 is 9.72 Å². The van der Waals surface area contributed by atoms with Gasteiger partial charge in [-0.25, -0.2) is 4.98 Å². The monoisotopic (exact) mass is 353 g/mol. The van der Waals surface area contributed by atoms with E-state index < -0.39 is 0 Å². The first kappa shape index (κ1) is 16.4. The molecule has 1 N–H and O–H groups in total. The number of nitrogens with zero attached hydrogens (tertiary/aromatic N) is 4. The molecule has 3 aliphatic rings. The maximum atomic E-state index is 5.82. The van der Waals surface area contributed by atoms with Crippen LogP contribution in [0.15, 0.2) is 42.9 Å². The Morgan fingerprint density at radius 3 is 2.77 bits per heavy atom. The third-order valence-corrected chi connectivity index (χ3v) is 6.06. The lowest BCUT2D eigenvalue weighted by Gasteiger charge is -2.63. The number of hydrogen-bond acceptors (Lipinski definition) is 5. The number of piperazine rings is 1. The molecule has 6 heteroatoms. The van der Waals surface area contributed by atoms with Gasteiger partial charge in [-0.3, -0.25) is 14.7 Å². The van der Waals surface area contributed by atoms with Gasteiger partial charge in [-0.1, -0.05) is 30.3 Å². The molecule has 1 spiro atoms. The second kappa shape index (κ2) is 6.78. The molecule has 2 aromatic rings. The molecule has 0 radical (unpaired) electrons. The second-order valence-corrected chi connectivity index (χ2v) is 8.02. The Morgan fingerprint density at radius 1 is 1.12 bits per heavy atom. The summed E-state index contributed by atoms with van der Waals surface area (Å²) < 4.78 is 5.82. The molecule has 0 aliphatic carbocycles. The van der Waals surface area contributed by atoms with Gasteiger partial charge in [-0.15, -0.1) is 0 Å². The van der Waals surface area contributed by atoms with Gasteiger partial charge in [0, 0.05) is 63.7 Å². The Morgan fingerprint density at radius 2 is 1.96 bits per heavy atom. The van der Waals surface area contributed by atoms with E-state index in [4.69, 9.17) is 4.74 Å². The van der Waals surface area contributed by atoms with E-state index in [2.05, 4.69) is 55.0 Å². The van der Waals surface area contributed by atoms with Crippen LogP contribution in [0.1, 0.15) is 11.3 Å². The van der Waals surface area contributed by atoms with Crippen molar-refractivity contribution in [2.45, 2.75) is 24.7 Å². The molecular weight excluding hydrogens is 326 g/mol. The molecule has 0 saturated carbocycles. The number of rotatable bonds is 4. The van der Waals surface area contributed by atoms with Gasteiger partial charge in [-0.2, -0.15) is 0 Å². The number of ether oxygens (including phenoxy) is 1. The molecule has 0 amide bonds. The molecule has 1 aromatic carbocycles. The van der Waals surface area contributed by atoms with Gasteiger partial charge in [0.2, 0.25) is 0 Å². The summed E-state index contributed by atoms with van der Waals surface area (Å²) in [5.74, 6) is 0. The lowest BCUT2D eigenvalue weighted by molar-refractivity contribution is -0.168. The van der Waals surface area contributed by atoms with Crippen LogP contribution in [0.25, 0.3) is 0 Å². The first-order chi connectivity index (χ1) is 12.8. The Labute approximate surface area is 154 Å². The normalized spacial score (nSPS) is 26.5. The smallest absolute Gasteiger partial charge is 0.0922 e. The standard InChI is InChI=1S/C20H27N5O/c1-2-4-17(5-3-1)9-23-11-19-12-26-7-6-25(19)20(13-23)14-24(15-20)10-18-8-21-16-22-18/h1-5,8,16,19H,6-7,9-15H2,(H,21,22). The quantitative estimate of drug-likeness (QED) is 0.895. The fourth-order valence-electron chi connectivity index (χ4n) is 5.05. The van der Waals surface area contributed by atoms with Gasteiger partial charge in [0.05, 0.1) is 25.1 Å². The number of nitrogens with one attached hydrogen (secondary N) is 1. The number of aromatic amines is 1. The van der Waals surface area contributed by atoms with Gasteiger partial charge in [-0.05, 0) is 5.56 Å². The maximum absolute atomic E-state index is 5.82. The molecule has 26 heavy (non-hydrogen) atoms. The van der Waals surface area contributed by atoms with Crippen LogP contribution in [0.4, 0.5) is 0 Å². The Balaban J connectivity index is 1.30. The van der Waals surface area contributed by atoms with E-state index in [1.807, 2.05) is 6.20 Å². The van der Waals surface area contributed by atoms with Crippen LogP contribution in [-0.2, 0) is 17.8 Å². The first-order valence-electron chi connectivity index (χ1n) is 9.61. The third-order valence-electron chi connectivity index (χ3n) is 6.06. The highest BCUT2D eigenvalue weighted by Crippen LogP contribution is 2.36. The van der Waals surface area contributed by atoms with Crippen LogP contribution in [0.3, 0.4) is 0 Å². The minimum atomic E-state index is 0.279. The summed E-state index contributed by atoms with van der Waals surface area (Å²) in [6.07, 6.45) is 3.70. The third kappa shape index (κ3) is 3.07. The highest BCUT2D eigenvalue weighted by molar-refractivity contribution is 5.17. The maximum Gasteiger partial charge on any atom is 0.0922 e. The summed E-state index contributed by atoms with van der Waals surface area (Å²) in [5, 5.41) is 0. The van der Waals surface area contributed by atoms with Crippen LogP contribution in [0.5, 0.6) is 0 Å². The number of likely N-dealkylation sites (tertiary alicyclic amines) is 1. The summed E-state index contributed by atoms with van der Waals surface area (Å²) in [7, 11) is 0. The van der Waals surface area contributed by atoms with Crippen LogP contribution < -0.4 is 0 Å². The van der Waals surface area contributed by atoms with Crippen molar-refractivity contribution in [1.82, 2.24) is 24.7 Å². The van der Waals surface area contributed by atoms with E-state index >= 15 is 0 Å². The van der Waals surface area contributed by atoms with Gasteiger partial charge in [0.25, 0.3) is 0 Å². The molecule has 1 atom stereocenters. The first-order valence-corrected chi connectivity index (χ1v) is 9.61. The van der Waals surface area contributed by atoms with E-state index in [0.29, 0.717) is 6.04 Å². The zero-order valence-electron chi connectivity index (χ0n) is 15.2. The van der Waals surface area contributed by atoms with Crippen molar-refractivity contribution in [3.63, 3.8) is 0 Å². The molecule has 138 valence electrons. The van der Waals surface area contributed by atoms with Crippen molar-refractivity contribution in [3.05, 3.63) is 54.1 Å². The zero-order chi connectivity index (χ0) is 17.4. The Bertz CT molecular complexity index is 713. The molecule has 0 bridgehead atoms. The van der Waals surface area contributed by atoms with Crippen molar-refractivity contribution >= 4 is 0 Å². The Hall–Kier alpha value is -1.73. The van der Waals surface area contributed by atoms with Crippen molar-refractivity contribution in [2.24, 2.45) is 0 Å². The lowest BCUT2D eigenvalue weighted by Crippen LogP contribution is -2.80. The molecule has 5 rings (SSSR count). The predicted octanol–water partition coefficient (Wildman–Crippen LogP) is 1.18. The lowest BCUT2D eigenvalue weighted by atomic mass is 9.82. The molecule has 3 fully saturated rings. The molecule has 1 aromatic heterocycles. The van der Waals surface area contributed by atoms with E-state index in [1.54, 1.807) is 6.33 Å². The van der Waals surface area contributed by atoms with Crippen molar-refractivity contribution in [3.8, 4) is 0 Å². The predicted molar refractivity (Wildman–Crippen MR) is 99.6 cm³/mol. The minimum absolute atomic E-state index is 0.279. The van der Waals surface area contributed by atoms with Crippen LogP contribution >= 0.6 is 0 Å². The van der Waals surface area contributed by atoms with Crippen LogP contribution in [0, 0.1) is 0 Å². The SMILES string of the molecule is c1ccc(CN2CC3COCCN3C3(C2)CN(Cc2cnc[nH]2)C3)cc1. The number of fused-ring (bicyclic) bond motifs is 2. The summed E-state index contributed by atoms with van der Waals surface area (Å²) >= 11 is 0. The summed E-state index contributed by atoms with van der Waals surface area (Å²) in [6.45, 7) is 9.34. The average Bonchev–Trinajstić information content (AvgIpc) is 3.14. The van der Waals surface area contributed by atoms with Gasteiger partial charge in [0.1, 0.15) is 0 Å². The van der Waals surface area contributed by atoms with E-state index in [9.17, 15) is 0 Å². The summed E-state index contributed by atoms with van der Waals surface area (Å²) in [6, 6.07) is 11.4. The molecule has 3 aliphatic heterocycles. The van der Waals surface area contributed by atoms with E-state index in [-0.39, 0.29) is 5.54 Å². The topological polar surface area (TPSA) is 47.6 Å². The highest BCUT2D eigenvalue weighted by atomic mass is 16.5. The fraction of sp³-hybridized carbons (Fsp3) is 0.550. The van der Waals surface area contributed by atoms with Crippen LogP contribution in [-0.4, -0.2) is 82.2 Å². The molecular formula is C20H27N5O. The fourth-order valence-corrected chi connectivity index (χ4v) is 5.05. The van der Waals surface area contributed by atoms with Crippen molar-refractivity contribution in [2.75, 3.05) is 45.9 Å². The van der Waals surface area contributed by atoms with Crippen LogP contribution in [0.2, 0.25) is 0 Å². The van der Waals surface area contributed by atoms with E-state index in [0.717, 1.165) is 59.0 Å². The number of aromatic nitrogens is 2. The molecule has 6 nitrogen and oxygen atoms in total. The van der Waals surface area contributed by atoms with Gasteiger partial charge in [0.15, 0.2) is 0 Å². The minimum Gasteiger partial charge on any atom is -0.378 e. The van der Waals surface area contributed by atoms with Crippen molar-refractivity contribution in [1.29, 1.82) is 0 Å². The number of morpholine rings is 1. The number of benzene rings is 1. The number of H-pyrrole nitrogens is 1. The number of hydrogen-bond donors (Lipinski definition) is 1. The van der Waals surface area contributed by atoms with Crippen molar-refractivity contribution < 1.29 is 4.74 Å². The zero-order valence-corrected chi connectivity index (χ0v) is 15.2. The Kier molecular flexibility index (Phi) is 4.29. The molecule has 1 unspecified atom stereocenters. The molecule has 3 saturated heterocycles. The van der Waals surface area contributed by atoms with Gasteiger partial charge >= 0.3 is 0 Å². The summed E-state index contributed by atoms with van der Waals surface area (Å²) in [5.41, 5.74) is 2.89. The number of imidazole rings is 1.